The average Bonchev–Trinajstić information content (AvgIpc) is 2.78. The number of phenolic OH excluding ortho intramolecular Hbond substituents is 1. The number of phenols is 1. The second-order valence-corrected chi connectivity index (χ2v) is 9.08. The van der Waals surface area contributed by atoms with Gasteiger partial charge in [0.15, 0.2) is 5.82 Å². The summed E-state index contributed by atoms with van der Waals surface area (Å²) in [6.07, 6.45) is 0. The molecule has 2 amide bonds. The van der Waals surface area contributed by atoms with Crippen LogP contribution in [0.4, 0.5) is 16.3 Å². The number of hydrogen-bond donors (Lipinski definition) is 3. The fourth-order valence-electron chi connectivity index (χ4n) is 4.79. The van der Waals surface area contributed by atoms with Gasteiger partial charge in [0.05, 0.1) is 23.0 Å². The molecular weight excluding hydrogens is 394 g/mol. The highest BCUT2D eigenvalue weighted by Crippen LogP contribution is 2.36. The lowest BCUT2D eigenvalue weighted by Gasteiger charge is -2.49. The molecular formula is C22H29N7O2. The molecule has 2 fully saturated rings. The molecule has 0 radical (unpaired) electrons. The van der Waals surface area contributed by atoms with Gasteiger partial charge in [-0.15, -0.1) is 10.2 Å². The van der Waals surface area contributed by atoms with Crippen LogP contribution in [0.25, 0.3) is 11.3 Å². The highest BCUT2D eigenvalue weighted by molar-refractivity contribution is 5.78. The van der Waals surface area contributed by atoms with E-state index < -0.39 is 0 Å². The van der Waals surface area contributed by atoms with Gasteiger partial charge in [-0.25, -0.2) is 4.79 Å². The number of para-hydroxylation sites is 1. The maximum Gasteiger partial charge on any atom is 0.320 e. The number of carbonyl (C=O) groups is 1. The molecule has 3 aliphatic heterocycles. The largest absolute Gasteiger partial charge is 0.507 e. The summed E-state index contributed by atoms with van der Waals surface area (Å²) in [4.78, 5) is 19.6. The van der Waals surface area contributed by atoms with Crippen molar-refractivity contribution in [2.75, 3.05) is 56.0 Å². The van der Waals surface area contributed by atoms with Gasteiger partial charge in [0.2, 0.25) is 0 Å². The molecule has 9 nitrogen and oxygen atoms in total. The second-order valence-electron chi connectivity index (χ2n) is 9.08. The molecule has 31 heavy (non-hydrogen) atoms. The number of piperazine rings is 2. The lowest BCUT2D eigenvalue weighted by atomic mass is 10.0. The van der Waals surface area contributed by atoms with Crippen LogP contribution in [0.2, 0.25) is 0 Å². The number of carbonyl (C=O) groups excluding carboxylic acids is 1. The van der Waals surface area contributed by atoms with Crippen LogP contribution in [0, 0.1) is 0 Å². The zero-order valence-electron chi connectivity index (χ0n) is 18.0. The Kier molecular flexibility index (Phi) is 4.85. The number of aromatic nitrogens is 2. The van der Waals surface area contributed by atoms with Crippen LogP contribution in [0.5, 0.6) is 5.75 Å². The van der Waals surface area contributed by atoms with Crippen LogP contribution < -0.4 is 15.5 Å². The number of nitrogens with one attached hydrogen (secondary N) is 2. The lowest BCUT2D eigenvalue weighted by Crippen LogP contribution is -2.66. The first-order valence-corrected chi connectivity index (χ1v) is 10.9. The Morgan fingerprint density at radius 2 is 2.03 bits per heavy atom. The maximum atomic E-state index is 13.3. The molecule has 1 atom stereocenters. The van der Waals surface area contributed by atoms with Crippen LogP contribution >= 0.6 is 0 Å². The van der Waals surface area contributed by atoms with Crippen molar-refractivity contribution in [1.29, 1.82) is 0 Å². The first-order valence-electron chi connectivity index (χ1n) is 10.9. The van der Waals surface area contributed by atoms with Gasteiger partial charge < -0.3 is 30.4 Å². The third kappa shape index (κ3) is 3.52. The quantitative estimate of drug-likeness (QED) is 0.641. The van der Waals surface area contributed by atoms with Gasteiger partial charge in [-0.3, -0.25) is 0 Å². The van der Waals surface area contributed by atoms with Crippen LogP contribution in [0.15, 0.2) is 30.3 Å². The zero-order chi connectivity index (χ0) is 21.6. The molecule has 0 spiro atoms. The summed E-state index contributed by atoms with van der Waals surface area (Å²) >= 11 is 0. The van der Waals surface area contributed by atoms with Crippen LogP contribution in [0.1, 0.15) is 13.8 Å². The SMILES string of the molecule is CC1(C)CNCCN1C(=O)N1CCN2c3cc(-c4ccccc4O)nnc3NC[C@H]2C1. The summed E-state index contributed by atoms with van der Waals surface area (Å²) in [7, 11) is 0. The Balaban J connectivity index is 1.36. The van der Waals surface area contributed by atoms with Gasteiger partial charge in [-0.2, -0.15) is 0 Å². The van der Waals surface area contributed by atoms with Crippen LogP contribution in [0.3, 0.4) is 0 Å². The van der Waals surface area contributed by atoms with E-state index in [-0.39, 0.29) is 23.4 Å². The monoisotopic (exact) mass is 423 g/mol. The number of aromatic hydroxyl groups is 1. The van der Waals surface area contributed by atoms with Gasteiger partial charge in [0.25, 0.3) is 0 Å². The van der Waals surface area contributed by atoms with E-state index in [1.54, 1.807) is 12.1 Å². The normalized spacial score (nSPS) is 22.4. The summed E-state index contributed by atoms with van der Waals surface area (Å²) < 4.78 is 0. The summed E-state index contributed by atoms with van der Waals surface area (Å²) in [6, 6.07) is 9.42. The summed E-state index contributed by atoms with van der Waals surface area (Å²) in [6.45, 7) is 9.40. The molecule has 3 aliphatic rings. The fraction of sp³-hybridized carbons (Fsp3) is 0.500. The van der Waals surface area contributed by atoms with E-state index in [0.29, 0.717) is 30.9 Å². The van der Waals surface area contributed by atoms with Crippen molar-refractivity contribution in [3.63, 3.8) is 0 Å². The topological polar surface area (TPSA) is 96.9 Å². The van der Waals surface area contributed by atoms with Crippen molar-refractivity contribution in [1.82, 2.24) is 25.3 Å². The average molecular weight is 424 g/mol. The molecule has 0 saturated carbocycles. The molecule has 1 aromatic carbocycles. The Hall–Kier alpha value is -3.07. The fourth-order valence-corrected chi connectivity index (χ4v) is 4.79. The van der Waals surface area contributed by atoms with Gasteiger partial charge in [-0.05, 0) is 32.0 Å². The predicted octanol–water partition coefficient (Wildman–Crippen LogP) is 1.57. The van der Waals surface area contributed by atoms with Crippen molar-refractivity contribution in [3.05, 3.63) is 30.3 Å². The maximum absolute atomic E-state index is 13.3. The number of urea groups is 1. The second kappa shape index (κ2) is 7.56. The van der Waals surface area contributed by atoms with Crippen molar-refractivity contribution in [3.8, 4) is 17.0 Å². The number of rotatable bonds is 1. The summed E-state index contributed by atoms with van der Waals surface area (Å²) in [5, 5.41) is 25.6. The van der Waals surface area contributed by atoms with E-state index in [0.717, 1.165) is 37.7 Å². The molecule has 0 unspecified atom stereocenters. The number of hydrogen-bond acceptors (Lipinski definition) is 7. The van der Waals surface area contributed by atoms with E-state index >= 15 is 0 Å². The summed E-state index contributed by atoms with van der Waals surface area (Å²) in [5.74, 6) is 0.935. The summed E-state index contributed by atoms with van der Waals surface area (Å²) in [5.41, 5.74) is 2.08. The molecule has 5 rings (SSSR count). The lowest BCUT2D eigenvalue weighted by molar-refractivity contribution is 0.0800. The van der Waals surface area contributed by atoms with E-state index in [9.17, 15) is 9.90 Å². The predicted molar refractivity (Wildman–Crippen MR) is 119 cm³/mol. The van der Waals surface area contributed by atoms with E-state index in [1.165, 1.54) is 0 Å². The molecule has 2 saturated heterocycles. The molecule has 4 heterocycles. The van der Waals surface area contributed by atoms with E-state index in [1.807, 2.05) is 28.0 Å². The minimum atomic E-state index is -0.188. The number of fused-ring (bicyclic) bond motifs is 3. The first-order chi connectivity index (χ1) is 14.9. The van der Waals surface area contributed by atoms with Gasteiger partial charge in [-0.1, -0.05) is 12.1 Å². The van der Waals surface area contributed by atoms with Crippen molar-refractivity contribution in [2.45, 2.75) is 25.4 Å². The molecule has 0 aliphatic carbocycles. The van der Waals surface area contributed by atoms with Gasteiger partial charge in [0.1, 0.15) is 5.75 Å². The molecule has 9 heteroatoms. The van der Waals surface area contributed by atoms with Crippen molar-refractivity contribution < 1.29 is 9.90 Å². The standard InChI is InChI=1S/C22H29N7O2/c1-22(2)14-23-7-8-29(22)21(31)27-9-10-28-15(13-27)12-24-20-18(28)11-17(25-26-20)16-5-3-4-6-19(16)30/h3-6,11,15,23,30H,7-10,12-14H2,1-2H3,(H,24,26)/t15-/m0/s1. The molecule has 3 N–H and O–H groups in total. The minimum Gasteiger partial charge on any atom is -0.507 e. The molecule has 0 bridgehead atoms. The van der Waals surface area contributed by atoms with Gasteiger partial charge in [0, 0.05) is 51.4 Å². The Morgan fingerprint density at radius 3 is 2.84 bits per heavy atom. The highest BCUT2D eigenvalue weighted by Gasteiger charge is 2.40. The Morgan fingerprint density at radius 1 is 1.19 bits per heavy atom. The Bertz CT molecular complexity index is 996. The third-order valence-corrected chi connectivity index (χ3v) is 6.55. The highest BCUT2D eigenvalue weighted by atomic mass is 16.3. The minimum absolute atomic E-state index is 0.125. The number of anilines is 2. The smallest absolute Gasteiger partial charge is 0.320 e. The third-order valence-electron chi connectivity index (χ3n) is 6.55. The molecule has 2 aromatic rings. The molecule has 164 valence electrons. The van der Waals surface area contributed by atoms with E-state index in [2.05, 4.69) is 39.6 Å². The zero-order valence-corrected chi connectivity index (χ0v) is 18.0. The number of amides is 2. The van der Waals surface area contributed by atoms with Crippen molar-refractivity contribution >= 4 is 17.5 Å². The van der Waals surface area contributed by atoms with E-state index in [4.69, 9.17) is 0 Å². The van der Waals surface area contributed by atoms with Gasteiger partial charge >= 0.3 is 6.03 Å². The van der Waals surface area contributed by atoms with Crippen LogP contribution in [-0.4, -0.2) is 88.5 Å². The number of benzene rings is 1. The van der Waals surface area contributed by atoms with Crippen molar-refractivity contribution in [2.24, 2.45) is 0 Å². The number of nitrogens with zero attached hydrogens (tertiary/aromatic N) is 5. The first kappa shape index (κ1) is 19.9. The molecule has 1 aromatic heterocycles. The van der Waals surface area contributed by atoms with Crippen LogP contribution in [-0.2, 0) is 0 Å². The Labute approximate surface area is 182 Å².